The van der Waals surface area contributed by atoms with Gasteiger partial charge in [0.05, 0.1) is 11.3 Å². The number of pyridine rings is 1. The van der Waals surface area contributed by atoms with Crippen molar-refractivity contribution in [2.45, 2.75) is 6.54 Å². The summed E-state index contributed by atoms with van der Waals surface area (Å²) in [7, 11) is 0. The summed E-state index contributed by atoms with van der Waals surface area (Å²) in [4.78, 5) is 29.6. The number of anilines is 1. The number of rotatable bonds is 5. The summed E-state index contributed by atoms with van der Waals surface area (Å²) in [6, 6.07) is 14.1. The lowest BCUT2D eigenvalue weighted by Gasteiger charge is -2.06. The lowest BCUT2D eigenvalue weighted by molar-refractivity contribution is -0.117. The van der Waals surface area contributed by atoms with Gasteiger partial charge in [0, 0.05) is 21.8 Å². The maximum absolute atomic E-state index is 14.0. The van der Waals surface area contributed by atoms with Gasteiger partial charge >= 0.3 is 5.69 Å². The monoisotopic (exact) mass is 498 g/mol. The van der Waals surface area contributed by atoms with Gasteiger partial charge in [-0.05, 0) is 42.5 Å². The van der Waals surface area contributed by atoms with Crippen LogP contribution >= 0.6 is 23.2 Å². The molecule has 0 aliphatic heterocycles. The normalized spacial score (nSPS) is 11.1. The number of amides is 1. The van der Waals surface area contributed by atoms with Crippen molar-refractivity contribution in [2.24, 2.45) is 0 Å². The van der Waals surface area contributed by atoms with E-state index in [1.807, 2.05) is 0 Å². The van der Waals surface area contributed by atoms with Crippen molar-refractivity contribution in [3.05, 3.63) is 87.1 Å². The highest BCUT2D eigenvalue weighted by molar-refractivity contribution is 6.31. The lowest BCUT2D eigenvalue weighted by Crippen LogP contribution is -2.28. The van der Waals surface area contributed by atoms with Crippen LogP contribution in [0.15, 0.2) is 70.1 Å². The molecule has 170 valence electrons. The third kappa shape index (κ3) is 4.16. The Balaban J connectivity index is 1.45. The molecule has 0 aliphatic carbocycles. The molecule has 0 saturated heterocycles. The number of hydrogen-bond acceptors (Lipinski definition) is 6. The molecule has 34 heavy (non-hydrogen) atoms. The minimum atomic E-state index is -0.697. The van der Waals surface area contributed by atoms with Crippen molar-refractivity contribution in [3.8, 4) is 22.8 Å². The largest absolute Gasteiger partial charge is 0.350 e. The van der Waals surface area contributed by atoms with Gasteiger partial charge in [0.1, 0.15) is 12.4 Å². The Kier molecular flexibility index (Phi) is 5.60. The van der Waals surface area contributed by atoms with E-state index in [2.05, 4.69) is 20.6 Å². The summed E-state index contributed by atoms with van der Waals surface area (Å²) in [5.74, 6) is -0.900. The minimum Gasteiger partial charge on any atom is -0.333 e. The first kappa shape index (κ1) is 21.8. The molecule has 0 spiro atoms. The van der Waals surface area contributed by atoms with Gasteiger partial charge < -0.3 is 9.84 Å². The predicted octanol–water partition coefficient (Wildman–Crippen LogP) is 4.30. The summed E-state index contributed by atoms with van der Waals surface area (Å²) in [5.41, 5.74) is 0.621. The van der Waals surface area contributed by atoms with Gasteiger partial charge in [0.25, 0.3) is 5.89 Å². The molecule has 0 bridgehead atoms. The Morgan fingerprint density at radius 3 is 2.71 bits per heavy atom. The molecule has 2 aromatic carbocycles. The molecule has 5 aromatic rings. The van der Waals surface area contributed by atoms with Crippen LogP contribution in [0.1, 0.15) is 0 Å². The predicted molar refractivity (Wildman–Crippen MR) is 123 cm³/mol. The molecule has 5 rings (SSSR count). The van der Waals surface area contributed by atoms with Gasteiger partial charge in [-0.2, -0.15) is 4.98 Å². The molecule has 0 radical (unpaired) electrons. The van der Waals surface area contributed by atoms with Crippen molar-refractivity contribution in [1.29, 1.82) is 0 Å². The fraction of sp³-hybridized carbons (Fsp3) is 0.0455. The van der Waals surface area contributed by atoms with Crippen molar-refractivity contribution in [3.63, 3.8) is 0 Å². The molecule has 1 N–H and O–H groups in total. The number of nitrogens with one attached hydrogen (secondary N) is 1. The van der Waals surface area contributed by atoms with E-state index < -0.39 is 24.0 Å². The summed E-state index contributed by atoms with van der Waals surface area (Å²) in [5, 5.41) is 11.3. The number of halogens is 3. The van der Waals surface area contributed by atoms with E-state index in [0.29, 0.717) is 22.0 Å². The number of aromatic nitrogens is 5. The molecule has 9 nitrogen and oxygen atoms in total. The van der Waals surface area contributed by atoms with Crippen LogP contribution in [0.25, 0.3) is 28.5 Å². The SMILES string of the molecule is O=C(Cn1nc2c(-c3nc(-c4cccc(Cl)c4)no3)cccn2c1=O)Nc1ccc(Cl)cc1F. The minimum absolute atomic E-state index is 0.0636. The number of carbonyl (C=O) groups is 1. The quantitative estimate of drug-likeness (QED) is 0.387. The highest BCUT2D eigenvalue weighted by atomic mass is 35.5. The zero-order valence-electron chi connectivity index (χ0n) is 17.1. The van der Waals surface area contributed by atoms with Crippen molar-refractivity contribution < 1.29 is 13.7 Å². The van der Waals surface area contributed by atoms with Crippen molar-refractivity contribution in [1.82, 2.24) is 24.3 Å². The molecular weight excluding hydrogens is 486 g/mol. The maximum atomic E-state index is 14.0. The summed E-state index contributed by atoms with van der Waals surface area (Å²) < 4.78 is 21.5. The first-order chi connectivity index (χ1) is 16.4. The second kappa shape index (κ2) is 8.73. The highest BCUT2D eigenvalue weighted by Gasteiger charge is 2.19. The molecule has 12 heteroatoms. The van der Waals surface area contributed by atoms with E-state index in [1.54, 1.807) is 36.4 Å². The summed E-state index contributed by atoms with van der Waals surface area (Å²) in [6.07, 6.45) is 1.50. The number of hydrogen-bond donors (Lipinski definition) is 1. The Morgan fingerprint density at radius 2 is 1.91 bits per heavy atom. The van der Waals surface area contributed by atoms with Crippen LogP contribution < -0.4 is 11.0 Å². The van der Waals surface area contributed by atoms with Crippen LogP contribution in [-0.4, -0.2) is 30.2 Å². The molecule has 3 aromatic heterocycles. The Hall–Kier alpha value is -4.02. The van der Waals surface area contributed by atoms with Crippen LogP contribution in [0.2, 0.25) is 10.0 Å². The number of fused-ring (bicyclic) bond motifs is 1. The van der Waals surface area contributed by atoms with Gasteiger partial charge in [-0.15, -0.1) is 5.10 Å². The van der Waals surface area contributed by atoms with E-state index >= 15 is 0 Å². The van der Waals surface area contributed by atoms with Crippen LogP contribution in [0, 0.1) is 5.82 Å². The molecule has 1 amide bonds. The Morgan fingerprint density at radius 1 is 1.09 bits per heavy atom. The fourth-order valence-corrected chi connectivity index (χ4v) is 3.65. The van der Waals surface area contributed by atoms with Crippen molar-refractivity contribution in [2.75, 3.05) is 5.32 Å². The smallest absolute Gasteiger partial charge is 0.333 e. The second-order valence-electron chi connectivity index (χ2n) is 7.16. The number of carbonyl (C=O) groups excluding carboxylic acids is 1. The zero-order valence-corrected chi connectivity index (χ0v) is 18.6. The zero-order chi connectivity index (χ0) is 23.8. The van der Waals surface area contributed by atoms with Crippen LogP contribution in [-0.2, 0) is 11.3 Å². The van der Waals surface area contributed by atoms with E-state index in [4.69, 9.17) is 27.7 Å². The average molecular weight is 499 g/mol. The third-order valence-corrected chi connectivity index (χ3v) is 5.32. The van der Waals surface area contributed by atoms with E-state index in [1.165, 1.54) is 22.7 Å². The lowest BCUT2D eigenvalue weighted by atomic mass is 10.2. The van der Waals surface area contributed by atoms with Crippen molar-refractivity contribution >= 4 is 40.4 Å². The molecular formula is C22H13Cl2FN6O3. The van der Waals surface area contributed by atoms with Gasteiger partial charge in [-0.25, -0.2) is 18.3 Å². The van der Waals surface area contributed by atoms with Gasteiger partial charge in [0.2, 0.25) is 11.7 Å². The second-order valence-corrected chi connectivity index (χ2v) is 8.03. The third-order valence-electron chi connectivity index (χ3n) is 4.85. The molecule has 0 saturated carbocycles. The molecule has 0 fully saturated rings. The molecule has 0 unspecified atom stereocenters. The Labute approximate surface area is 200 Å². The summed E-state index contributed by atoms with van der Waals surface area (Å²) in [6.45, 7) is -0.445. The molecule has 3 heterocycles. The highest BCUT2D eigenvalue weighted by Crippen LogP contribution is 2.26. The maximum Gasteiger partial charge on any atom is 0.350 e. The van der Waals surface area contributed by atoms with Gasteiger partial charge in [-0.3, -0.25) is 4.79 Å². The van der Waals surface area contributed by atoms with Crippen LogP contribution in [0.3, 0.4) is 0 Å². The van der Waals surface area contributed by atoms with Gasteiger partial charge in [-0.1, -0.05) is 40.5 Å². The first-order valence-electron chi connectivity index (χ1n) is 9.82. The van der Waals surface area contributed by atoms with E-state index in [-0.39, 0.29) is 22.2 Å². The van der Waals surface area contributed by atoms with Gasteiger partial charge in [0.15, 0.2) is 5.65 Å². The van der Waals surface area contributed by atoms with Crippen LogP contribution in [0.5, 0.6) is 0 Å². The summed E-state index contributed by atoms with van der Waals surface area (Å²) >= 11 is 11.8. The standard InChI is InChI=1S/C22H13Cl2FN6O3/c23-13-4-1-3-12(9-13)19-27-21(34-29-19)15-5-2-8-30-20(15)28-31(22(30)33)11-18(32)26-17-7-6-14(24)10-16(17)25/h1-10H,11H2,(H,26,32). The molecule has 0 aliphatic rings. The Bertz CT molecular complexity index is 1610. The number of benzene rings is 2. The number of nitrogens with zero attached hydrogens (tertiary/aromatic N) is 5. The van der Waals surface area contributed by atoms with E-state index in [9.17, 15) is 14.0 Å². The first-order valence-corrected chi connectivity index (χ1v) is 10.6. The van der Waals surface area contributed by atoms with E-state index in [0.717, 1.165) is 10.7 Å². The fourth-order valence-electron chi connectivity index (χ4n) is 3.30. The molecule has 0 atom stereocenters. The van der Waals surface area contributed by atoms with Crippen LogP contribution in [0.4, 0.5) is 10.1 Å². The topological polar surface area (TPSA) is 107 Å². The average Bonchev–Trinajstić information content (AvgIpc) is 3.41.